The van der Waals surface area contributed by atoms with Gasteiger partial charge < -0.3 is 15.3 Å². The van der Waals surface area contributed by atoms with Gasteiger partial charge in [0.25, 0.3) is 11.6 Å². The molecule has 1 amide bonds. The number of nitro groups is 1. The monoisotopic (exact) mass is 268 g/mol. The number of carbonyl (C=O) groups excluding carboxylic acids is 1. The van der Waals surface area contributed by atoms with E-state index in [1.165, 1.54) is 11.0 Å². The van der Waals surface area contributed by atoms with E-state index < -0.39 is 10.8 Å². The summed E-state index contributed by atoms with van der Waals surface area (Å²) in [6.07, 6.45) is 1.09. The predicted molar refractivity (Wildman–Crippen MR) is 69.1 cm³/mol. The molecule has 8 heteroatoms. The largest absolute Gasteiger partial charge is 0.395 e. The Bertz CT molecular complexity index is 478. The summed E-state index contributed by atoms with van der Waals surface area (Å²) in [7, 11) is 1.58. The molecular formula is C11H16N4O4. The highest BCUT2D eigenvalue weighted by Gasteiger charge is 2.21. The van der Waals surface area contributed by atoms with E-state index in [2.05, 4.69) is 10.3 Å². The molecule has 1 aromatic heterocycles. The first kappa shape index (κ1) is 14.8. The minimum Gasteiger partial charge on any atom is -0.395 e. The van der Waals surface area contributed by atoms with E-state index in [1.807, 2.05) is 0 Å². The number of carbonyl (C=O) groups is 1. The zero-order valence-electron chi connectivity index (χ0n) is 10.8. The van der Waals surface area contributed by atoms with Gasteiger partial charge in [-0.15, -0.1) is 0 Å². The molecule has 0 atom stereocenters. The van der Waals surface area contributed by atoms with Gasteiger partial charge in [-0.05, 0) is 6.92 Å². The van der Waals surface area contributed by atoms with Crippen LogP contribution in [0.15, 0.2) is 12.3 Å². The lowest BCUT2D eigenvalue weighted by atomic mass is 10.2. The van der Waals surface area contributed by atoms with Crippen molar-refractivity contribution in [2.75, 3.05) is 32.1 Å². The number of aliphatic hydroxyl groups is 1. The maximum atomic E-state index is 12.2. The third-order valence-electron chi connectivity index (χ3n) is 2.59. The second-order valence-corrected chi connectivity index (χ2v) is 3.71. The summed E-state index contributed by atoms with van der Waals surface area (Å²) < 4.78 is 0. The van der Waals surface area contributed by atoms with Crippen LogP contribution in [0, 0.1) is 10.1 Å². The van der Waals surface area contributed by atoms with E-state index in [0.29, 0.717) is 6.54 Å². The highest BCUT2D eigenvalue weighted by molar-refractivity contribution is 5.99. The van der Waals surface area contributed by atoms with Crippen molar-refractivity contribution in [3.8, 4) is 0 Å². The van der Waals surface area contributed by atoms with Crippen LogP contribution < -0.4 is 5.32 Å². The van der Waals surface area contributed by atoms with Gasteiger partial charge >= 0.3 is 0 Å². The number of aliphatic hydroxyl groups excluding tert-OH is 1. The van der Waals surface area contributed by atoms with Crippen molar-refractivity contribution in [2.45, 2.75) is 6.92 Å². The van der Waals surface area contributed by atoms with Crippen molar-refractivity contribution in [3.05, 3.63) is 27.9 Å². The quantitative estimate of drug-likeness (QED) is 0.574. The molecule has 0 aliphatic rings. The topological polar surface area (TPSA) is 109 Å². The van der Waals surface area contributed by atoms with Crippen molar-refractivity contribution < 1.29 is 14.8 Å². The fraction of sp³-hybridized carbons (Fsp3) is 0.455. The van der Waals surface area contributed by atoms with Crippen LogP contribution in [0.25, 0.3) is 0 Å². The van der Waals surface area contributed by atoms with Crippen molar-refractivity contribution in [1.82, 2.24) is 9.88 Å². The molecule has 0 aliphatic carbocycles. The van der Waals surface area contributed by atoms with Gasteiger partial charge in [-0.1, -0.05) is 0 Å². The van der Waals surface area contributed by atoms with Gasteiger partial charge in [0.15, 0.2) is 0 Å². The lowest BCUT2D eigenvalue weighted by Crippen LogP contribution is -2.33. The molecule has 0 spiro atoms. The van der Waals surface area contributed by atoms with Crippen molar-refractivity contribution >= 4 is 17.4 Å². The summed E-state index contributed by atoms with van der Waals surface area (Å²) >= 11 is 0. The number of pyridine rings is 1. The van der Waals surface area contributed by atoms with Crippen LogP contribution in [0.4, 0.5) is 11.5 Å². The maximum absolute atomic E-state index is 12.2. The molecule has 1 aromatic rings. The second-order valence-electron chi connectivity index (χ2n) is 3.71. The average molecular weight is 268 g/mol. The molecule has 104 valence electrons. The van der Waals surface area contributed by atoms with E-state index in [9.17, 15) is 14.9 Å². The first-order valence-corrected chi connectivity index (χ1v) is 5.77. The number of likely N-dealkylation sites (N-methyl/N-ethyl adjacent to an activating group) is 1. The third kappa shape index (κ3) is 3.38. The standard InChI is InChI=1S/C11H16N4O4/c1-3-14(4-5-16)11(17)9-6-8(15(18)19)7-13-10(9)12-2/h6-7,16H,3-5H2,1-2H3,(H,12,13). The van der Waals surface area contributed by atoms with Crippen LogP contribution in [0.5, 0.6) is 0 Å². The van der Waals surface area contributed by atoms with Crippen LogP contribution in [0.3, 0.4) is 0 Å². The Hall–Kier alpha value is -2.22. The molecule has 0 unspecified atom stereocenters. The van der Waals surface area contributed by atoms with Crippen LogP contribution in [-0.4, -0.2) is 52.6 Å². The Morgan fingerprint density at radius 1 is 1.63 bits per heavy atom. The van der Waals surface area contributed by atoms with Crippen LogP contribution in [0.1, 0.15) is 17.3 Å². The third-order valence-corrected chi connectivity index (χ3v) is 2.59. The zero-order chi connectivity index (χ0) is 14.4. The lowest BCUT2D eigenvalue weighted by Gasteiger charge is -2.20. The maximum Gasteiger partial charge on any atom is 0.288 e. The molecule has 8 nitrogen and oxygen atoms in total. The van der Waals surface area contributed by atoms with Crippen molar-refractivity contribution in [1.29, 1.82) is 0 Å². The summed E-state index contributed by atoms with van der Waals surface area (Å²) in [5.74, 6) is -0.135. The van der Waals surface area contributed by atoms with Crippen LogP contribution in [0.2, 0.25) is 0 Å². The van der Waals surface area contributed by atoms with E-state index in [4.69, 9.17) is 5.11 Å². The molecule has 0 bridgehead atoms. The fourth-order valence-electron chi connectivity index (χ4n) is 1.61. The SMILES string of the molecule is CCN(CCO)C(=O)c1cc([N+](=O)[O-])cnc1NC. The molecule has 0 aromatic carbocycles. The number of hydrogen-bond acceptors (Lipinski definition) is 6. The Morgan fingerprint density at radius 3 is 2.79 bits per heavy atom. The summed E-state index contributed by atoms with van der Waals surface area (Å²) in [5.41, 5.74) is -0.130. The minimum absolute atomic E-state index is 0.118. The number of nitrogens with zero attached hydrogens (tertiary/aromatic N) is 3. The smallest absolute Gasteiger partial charge is 0.288 e. The molecule has 1 rings (SSSR count). The average Bonchev–Trinajstić information content (AvgIpc) is 2.43. The van der Waals surface area contributed by atoms with Gasteiger partial charge in [-0.2, -0.15) is 0 Å². The molecular weight excluding hydrogens is 252 g/mol. The summed E-state index contributed by atoms with van der Waals surface area (Å²) in [6.45, 7) is 2.15. The van der Waals surface area contributed by atoms with Gasteiger partial charge in [0, 0.05) is 26.2 Å². The van der Waals surface area contributed by atoms with Gasteiger partial charge in [0.05, 0.1) is 17.1 Å². The van der Waals surface area contributed by atoms with Crippen LogP contribution in [-0.2, 0) is 0 Å². The number of anilines is 1. The van der Waals surface area contributed by atoms with Gasteiger partial charge in [0.1, 0.15) is 12.0 Å². The summed E-state index contributed by atoms with van der Waals surface area (Å²) in [5, 5.41) is 22.3. The molecule has 0 saturated carbocycles. The molecule has 19 heavy (non-hydrogen) atoms. The molecule has 2 N–H and O–H groups in total. The molecule has 0 aliphatic heterocycles. The Morgan fingerprint density at radius 2 is 2.32 bits per heavy atom. The van der Waals surface area contributed by atoms with Crippen LogP contribution >= 0.6 is 0 Å². The normalized spacial score (nSPS) is 10.1. The van der Waals surface area contributed by atoms with E-state index >= 15 is 0 Å². The highest BCUT2D eigenvalue weighted by atomic mass is 16.6. The highest BCUT2D eigenvalue weighted by Crippen LogP contribution is 2.20. The number of nitrogens with one attached hydrogen (secondary N) is 1. The predicted octanol–water partition coefficient (Wildman–Crippen LogP) is 0.486. The van der Waals surface area contributed by atoms with Gasteiger partial charge in [0.2, 0.25) is 0 Å². The van der Waals surface area contributed by atoms with E-state index in [-0.39, 0.29) is 30.2 Å². The van der Waals surface area contributed by atoms with E-state index in [1.54, 1.807) is 14.0 Å². The molecule has 1 heterocycles. The molecule has 0 fully saturated rings. The molecule has 0 saturated heterocycles. The Kier molecular flexibility index (Phi) is 5.19. The molecule has 0 radical (unpaired) electrons. The number of amides is 1. The first-order valence-electron chi connectivity index (χ1n) is 5.77. The summed E-state index contributed by atoms with van der Waals surface area (Å²) in [6, 6.07) is 1.18. The van der Waals surface area contributed by atoms with Gasteiger partial charge in [-0.3, -0.25) is 14.9 Å². The number of hydrogen-bond donors (Lipinski definition) is 2. The first-order chi connectivity index (χ1) is 9.04. The lowest BCUT2D eigenvalue weighted by molar-refractivity contribution is -0.385. The van der Waals surface area contributed by atoms with Gasteiger partial charge in [-0.25, -0.2) is 4.98 Å². The van der Waals surface area contributed by atoms with Crippen molar-refractivity contribution in [2.24, 2.45) is 0 Å². The number of rotatable bonds is 6. The Balaban J connectivity index is 3.18. The second kappa shape index (κ2) is 6.64. The fourth-order valence-corrected chi connectivity index (χ4v) is 1.61. The van der Waals surface area contributed by atoms with E-state index in [0.717, 1.165) is 6.20 Å². The summed E-state index contributed by atoms with van der Waals surface area (Å²) in [4.78, 5) is 27.6. The zero-order valence-corrected chi connectivity index (χ0v) is 10.8. The minimum atomic E-state index is -0.606. The number of aromatic nitrogens is 1. The Labute approximate surface area is 110 Å². The van der Waals surface area contributed by atoms with Crippen molar-refractivity contribution in [3.63, 3.8) is 0 Å².